The Labute approximate surface area is 104 Å². The van der Waals surface area contributed by atoms with Crippen molar-refractivity contribution in [1.82, 2.24) is 9.71 Å². The van der Waals surface area contributed by atoms with E-state index in [9.17, 15) is 13.2 Å². The molecule has 1 heterocycles. The number of pyridine rings is 1. The summed E-state index contributed by atoms with van der Waals surface area (Å²) in [7, 11) is -4.00. The maximum Gasteiger partial charge on any atom is 0.321 e. The molecule has 0 aliphatic heterocycles. The quantitative estimate of drug-likeness (QED) is 0.794. The lowest BCUT2D eigenvalue weighted by atomic mass is 10.2. The highest BCUT2D eigenvalue weighted by molar-refractivity contribution is 7.89. The molecule has 0 radical (unpaired) electrons. The van der Waals surface area contributed by atoms with Gasteiger partial charge in [-0.2, -0.15) is 9.98 Å². The van der Waals surface area contributed by atoms with Crippen molar-refractivity contribution in [3.63, 3.8) is 0 Å². The summed E-state index contributed by atoms with van der Waals surface area (Å²) in [4.78, 5) is 14.1. The fourth-order valence-corrected chi connectivity index (χ4v) is 2.29. The molecule has 8 heteroatoms. The summed E-state index contributed by atoms with van der Waals surface area (Å²) in [5, 5.41) is 17.4. The van der Waals surface area contributed by atoms with Crippen LogP contribution in [0, 0.1) is 18.3 Å². The van der Waals surface area contributed by atoms with Gasteiger partial charge < -0.3 is 5.11 Å². The van der Waals surface area contributed by atoms with Gasteiger partial charge in [0.25, 0.3) is 0 Å². The van der Waals surface area contributed by atoms with Crippen molar-refractivity contribution >= 4 is 16.0 Å². The van der Waals surface area contributed by atoms with Crippen LogP contribution in [0.15, 0.2) is 17.2 Å². The SMILES string of the molecule is Cc1ncc(S(=O)(=O)N[C@@H](C)C(=O)O)cc1C#N. The summed E-state index contributed by atoms with van der Waals surface area (Å²) < 4.78 is 25.6. The molecule has 0 aliphatic rings. The van der Waals surface area contributed by atoms with Gasteiger partial charge in [0, 0.05) is 6.20 Å². The zero-order valence-corrected chi connectivity index (χ0v) is 10.5. The monoisotopic (exact) mass is 269 g/mol. The summed E-state index contributed by atoms with van der Waals surface area (Å²) in [6, 6.07) is 1.70. The van der Waals surface area contributed by atoms with Crippen LogP contribution in [0.2, 0.25) is 0 Å². The number of nitrogens with zero attached hydrogens (tertiary/aromatic N) is 2. The van der Waals surface area contributed by atoms with Crippen molar-refractivity contribution in [2.24, 2.45) is 0 Å². The number of aromatic nitrogens is 1. The smallest absolute Gasteiger partial charge is 0.321 e. The lowest BCUT2D eigenvalue weighted by Crippen LogP contribution is -2.38. The van der Waals surface area contributed by atoms with E-state index in [1.807, 2.05) is 10.8 Å². The van der Waals surface area contributed by atoms with E-state index >= 15 is 0 Å². The lowest BCUT2D eigenvalue weighted by Gasteiger charge is -2.10. The molecule has 0 aliphatic carbocycles. The molecule has 0 fully saturated rings. The largest absolute Gasteiger partial charge is 0.480 e. The van der Waals surface area contributed by atoms with E-state index in [0.717, 1.165) is 12.3 Å². The Morgan fingerprint density at radius 2 is 2.22 bits per heavy atom. The summed E-state index contributed by atoms with van der Waals surface area (Å²) in [6.45, 7) is 2.77. The number of carboxylic acid groups (broad SMARTS) is 1. The van der Waals surface area contributed by atoms with Crippen molar-refractivity contribution in [3.05, 3.63) is 23.5 Å². The van der Waals surface area contributed by atoms with Crippen molar-refractivity contribution in [1.29, 1.82) is 5.26 Å². The van der Waals surface area contributed by atoms with Gasteiger partial charge in [0.05, 0.1) is 11.3 Å². The number of aliphatic carboxylic acids is 1. The number of hydrogen-bond donors (Lipinski definition) is 2. The number of sulfonamides is 1. The van der Waals surface area contributed by atoms with Crippen LogP contribution in [0.25, 0.3) is 0 Å². The summed E-state index contributed by atoms with van der Waals surface area (Å²) in [6.07, 6.45) is 1.08. The third-order valence-corrected chi connectivity index (χ3v) is 3.70. The Morgan fingerprint density at radius 3 is 2.72 bits per heavy atom. The third-order valence-electron chi connectivity index (χ3n) is 2.19. The van der Waals surface area contributed by atoms with Gasteiger partial charge in [0.2, 0.25) is 10.0 Å². The van der Waals surface area contributed by atoms with E-state index in [-0.39, 0.29) is 10.5 Å². The number of rotatable bonds is 4. The van der Waals surface area contributed by atoms with Crippen molar-refractivity contribution in [2.75, 3.05) is 0 Å². The molecule has 1 atom stereocenters. The number of hydrogen-bond acceptors (Lipinski definition) is 5. The Bertz CT molecular complexity index is 619. The van der Waals surface area contributed by atoms with Crippen molar-refractivity contribution < 1.29 is 18.3 Å². The molecule has 0 amide bonds. The fourth-order valence-electron chi connectivity index (χ4n) is 1.13. The highest BCUT2D eigenvalue weighted by Crippen LogP contribution is 2.12. The highest BCUT2D eigenvalue weighted by Gasteiger charge is 2.22. The van der Waals surface area contributed by atoms with E-state index < -0.39 is 22.0 Å². The first kappa shape index (κ1) is 14.1. The molecule has 0 saturated heterocycles. The van der Waals surface area contributed by atoms with Gasteiger partial charge in [-0.3, -0.25) is 9.78 Å². The van der Waals surface area contributed by atoms with Crippen LogP contribution < -0.4 is 4.72 Å². The minimum Gasteiger partial charge on any atom is -0.480 e. The fraction of sp³-hybridized carbons (Fsp3) is 0.300. The number of nitrogens with one attached hydrogen (secondary N) is 1. The molecule has 18 heavy (non-hydrogen) atoms. The zero-order chi connectivity index (χ0) is 13.9. The van der Waals surface area contributed by atoms with Gasteiger partial charge >= 0.3 is 5.97 Å². The Morgan fingerprint density at radius 1 is 1.61 bits per heavy atom. The van der Waals surface area contributed by atoms with Crippen LogP contribution in [0.3, 0.4) is 0 Å². The lowest BCUT2D eigenvalue weighted by molar-refractivity contribution is -0.138. The molecule has 1 aromatic heterocycles. The number of aryl methyl sites for hydroxylation is 1. The van der Waals surface area contributed by atoms with E-state index in [4.69, 9.17) is 10.4 Å². The van der Waals surface area contributed by atoms with Crippen LogP contribution in [0.5, 0.6) is 0 Å². The first-order chi connectivity index (χ1) is 8.27. The second kappa shape index (κ2) is 5.12. The van der Waals surface area contributed by atoms with Crippen LogP contribution in [0.4, 0.5) is 0 Å². The van der Waals surface area contributed by atoms with E-state index in [1.165, 1.54) is 6.92 Å². The first-order valence-electron chi connectivity index (χ1n) is 4.90. The van der Waals surface area contributed by atoms with Gasteiger partial charge in [-0.15, -0.1) is 0 Å². The van der Waals surface area contributed by atoms with Gasteiger partial charge in [-0.05, 0) is 19.9 Å². The van der Waals surface area contributed by atoms with Crippen LogP contribution in [-0.2, 0) is 14.8 Å². The van der Waals surface area contributed by atoms with Crippen LogP contribution in [0.1, 0.15) is 18.2 Å². The second-order valence-corrected chi connectivity index (χ2v) is 5.31. The summed E-state index contributed by atoms with van der Waals surface area (Å²) in [5.74, 6) is -1.29. The number of nitriles is 1. The molecule has 0 saturated carbocycles. The summed E-state index contributed by atoms with van der Waals surface area (Å²) >= 11 is 0. The molecule has 0 spiro atoms. The summed E-state index contributed by atoms with van der Waals surface area (Å²) in [5.41, 5.74) is 0.531. The molecule has 1 aromatic rings. The predicted molar refractivity (Wildman–Crippen MR) is 61.1 cm³/mol. The van der Waals surface area contributed by atoms with Crippen molar-refractivity contribution in [3.8, 4) is 6.07 Å². The molecular formula is C10H11N3O4S. The maximum absolute atomic E-state index is 11.8. The van der Waals surface area contributed by atoms with Crippen molar-refractivity contribution in [2.45, 2.75) is 24.8 Å². The molecular weight excluding hydrogens is 258 g/mol. The second-order valence-electron chi connectivity index (χ2n) is 3.60. The predicted octanol–water partition coefficient (Wildman–Crippen LogP) is 0.0131. The Kier molecular flexibility index (Phi) is 4.00. The Hall–Kier alpha value is -1.98. The molecule has 0 unspecified atom stereocenters. The van der Waals surface area contributed by atoms with Crippen LogP contribution >= 0.6 is 0 Å². The molecule has 0 aromatic carbocycles. The highest BCUT2D eigenvalue weighted by atomic mass is 32.2. The average Bonchev–Trinajstić information content (AvgIpc) is 2.28. The van der Waals surface area contributed by atoms with Gasteiger partial charge in [-0.25, -0.2) is 8.42 Å². The standard InChI is InChI=1S/C10H11N3O4S/c1-6-8(4-11)3-9(5-12-6)18(16,17)13-7(2)10(14)15/h3,5,7,13H,1-2H3,(H,14,15)/t7-/m0/s1. The van der Waals surface area contributed by atoms with Gasteiger partial charge in [0.15, 0.2) is 0 Å². The number of carboxylic acids is 1. The molecule has 1 rings (SSSR count). The third kappa shape index (κ3) is 3.03. The van der Waals surface area contributed by atoms with E-state index in [0.29, 0.717) is 5.69 Å². The average molecular weight is 269 g/mol. The molecule has 0 bridgehead atoms. The normalized spacial score (nSPS) is 12.7. The molecule has 96 valence electrons. The molecule has 2 N–H and O–H groups in total. The van der Waals surface area contributed by atoms with Gasteiger partial charge in [0.1, 0.15) is 17.0 Å². The number of carbonyl (C=O) groups is 1. The maximum atomic E-state index is 11.8. The Balaban J connectivity index is 3.14. The van der Waals surface area contributed by atoms with Gasteiger partial charge in [-0.1, -0.05) is 0 Å². The topological polar surface area (TPSA) is 120 Å². The minimum absolute atomic E-state index is 0.126. The minimum atomic E-state index is -4.00. The van der Waals surface area contributed by atoms with E-state index in [2.05, 4.69) is 4.98 Å². The van der Waals surface area contributed by atoms with E-state index in [1.54, 1.807) is 6.92 Å². The van der Waals surface area contributed by atoms with Crippen LogP contribution in [-0.4, -0.2) is 30.5 Å². The zero-order valence-electron chi connectivity index (χ0n) is 9.71. The molecule has 7 nitrogen and oxygen atoms in total. The first-order valence-corrected chi connectivity index (χ1v) is 6.38.